The van der Waals surface area contributed by atoms with Crippen molar-refractivity contribution in [2.75, 3.05) is 5.73 Å². The largest absolute Gasteiger partial charge is 0.398 e. The number of aryl methyl sites for hydroxylation is 1. The van der Waals surface area contributed by atoms with Gasteiger partial charge in [0.2, 0.25) is 0 Å². The van der Waals surface area contributed by atoms with Gasteiger partial charge in [0.05, 0.1) is 22.5 Å². The van der Waals surface area contributed by atoms with Crippen molar-refractivity contribution in [2.45, 2.75) is 6.92 Å². The predicted molar refractivity (Wildman–Crippen MR) is 90.7 cm³/mol. The third-order valence-corrected chi connectivity index (χ3v) is 3.66. The summed E-state index contributed by atoms with van der Waals surface area (Å²) in [4.78, 5) is 16.9. The van der Waals surface area contributed by atoms with Crippen LogP contribution in [0.2, 0.25) is 0 Å². The Bertz CT molecular complexity index is 915. The van der Waals surface area contributed by atoms with Crippen molar-refractivity contribution < 1.29 is 9.18 Å². The summed E-state index contributed by atoms with van der Waals surface area (Å²) in [7, 11) is 0. The van der Waals surface area contributed by atoms with Crippen LogP contribution in [0.1, 0.15) is 21.6 Å². The molecule has 0 bridgehead atoms. The van der Waals surface area contributed by atoms with Crippen molar-refractivity contribution in [1.82, 2.24) is 4.98 Å². The van der Waals surface area contributed by atoms with E-state index in [0.717, 1.165) is 16.5 Å². The van der Waals surface area contributed by atoms with Crippen molar-refractivity contribution in [1.29, 1.82) is 0 Å². The first kappa shape index (κ1) is 14.9. The minimum absolute atomic E-state index is 0.220. The van der Waals surface area contributed by atoms with Crippen LogP contribution in [0.5, 0.6) is 0 Å². The average Bonchev–Trinajstić information content (AvgIpc) is 2.54. The molecule has 2 N–H and O–H groups in total. The van der Waals surface area contributed by atoms with Crippen LogP contribution in [0, 0.1) is 12.7 Å². The monoisotopic (exact) mass is 306 g/mol. The molecule has 0 unspecified atom stereocenters. The zero-order valence-electron chi connectivity index (χ0n) is 12.6. The second-order valence-electron chi connectivity index (χ2n) is 5.25. The molecule has 1 aromatic heterocycles. The minimum Gasteiger partial charge on any atom is -0.398 e. The molecule has 0 spiro atoms. The second kappa shape index (κ2) is 6.01. The van der Waals surface area contributed by atoms with Crippen molar-refractivity contribution in [3.05, 3.63) is 77.2 Å². The molecule has 0 atom stereocenters. The van der Waals surface area contributed by atoms with Crippen LogP contribution in [0.4, 0.5) is 10.1 Å². The number of aromatic nitrogens is 1. The number of pyridine rings is 1. The van der Waals surface area contributed by atoms with Gasteiger partial charge in [0.15, 0.2) is 5.78 Å². The zero-order chi connectivity index (χ0) is 16.4. The van der Waals surface area contributed by atoms with Gasteiger partial charge in [0.1, 0.15) is 5.82 Å². The standard InChI is InChI=1S/C19H15FN2O/c1-12-18(19(21)15-4-2-3-5-16(15)22-12)17(23)11-8-13-6-9-14(20)10-7-13/h2-11H,1H3,(H2,21,22)/b11-8+. The Morgan fingerprint density at radius 3 is 2.57 bits per heavy atom. The highest BCUT2D eigenvalue weighted by Crippen LogP contribution is 2.26. The molecule has 114 valence electrons. The molecule has 0 aliphatic carbocycles. The molecule has 0 aliphatic heterocycles. The fourth-order valence-corrected chi connectivity index (χ4v) is 2.51. The molecule has 3 aromatic rings. The van der Waals surface area contributed by atoms with E-state index in [0.29, 0.717) is 16.9 Å². The quantitative estimate of drug-likeness (QED) is 0.584. The number of anilines is 1. The lowest BCUT2D eigenvalue weighted by Gasteiger charge is -2.09. The highest BCUT2D eigenvalue weighted by atomic mass is 19.1. The van der Waals surface area contributed by atoms with Crippen molar-refractivity contribution >= 4 is 28.4 Å². The molecule has 1 heterocycles. The highest BCUT2D eigenvalue weighted by Gasteiger charge is 2.14. The van der Waals surface area contributed by atoms with E-state index in [1.165, 1.54) is 18.2 Å². The fraction of sp³-hybridized carbons (Fsp3) is 0.0526. The number of rotatable bonds is 3. The Kier molecular flexibility index (Phi) is 3.89. The van der Waals surface area contributed by atoms with E-state index in [9.17, 15) is 9.18 Å². The molecular formula is C19H15FN2O. The van der Waals surface area contributed by atoms with Crippen LogP contribution >= 0.6 is 0 Å². The van der Waals surface area contributed by atoms with Gasteiger partial charge in [0, 0.05) is 5.39 Å². The molecule has 0 saturated heterocycles. The molecule has 3 nitrogen and oxygen atoms in total. The molecule has 0 radical (unpaired) electrons. The van der Waals surface area contributed by atoms with Gasteiger partial charge in [-0.05, 0) is 36.8 Å². The van der Waals surface area contributed by atoms with Gasteiger partial charge < -0.3 is 5.73 Å². The zero-order valence-corrected chi connectivity index (χ0v) is 12.6. The van der Waals surface area contributed by atoms with Crippen molar-refractivity contribution in [2.24, 2.45) is 0 Å². The first-order valence-corrected chi connectivity index (χ1v) is 7.19. The Hall–Kier alpha value is -3.01. The number of hydrogen-bond acceptors (Lipinski definition) is 3. The van der Waals surface area contributed by atoms with Gasteiger partial charge in [-0.3, -0.25) is 9.78 Å². The fourth-order valence-electron chi connectivity index (χ4n) is 2.51. The van der Waals surface area contributed by atoms with E-state index in [4.69, 9.17) is 5.73 Å². The molecular weight excluding hydrogens is 291 g/mol. The summed E-state index contributed by atoms with van der Waals surface area (Å²) in [6.45, 7) is 1.77. The van der Waals surface area contributed by atoms with Gasteiger partial charge in [-0.1, -0.05) is 36.4 Å². The van der Waals surface area contributed by atoms with E-state index in [1.54, 1.807) is 25.1 Å². The number of nitrogen functional groups attached to an aromatic ring is 1. The van der Waals surface area contributed by atoms with Gasteiger partial charge >= 0.3 is 0 Å². The average molecular weight is 306 g/mol. The number of allylic oxidation sites excluding steroid dienone is 1. The van der Waals surface area contributed by atoms with Crippen LogP contribution in [-0.2, 0) is 0 Å². The number of ketones is 1. The van der Waals surface area contributed by atoms with E-state index in [1.807, 2.05) is 24.3 Å². The van der Waals surface area contributed by atoms with Gasteiger partial charge in [-0.25, -0.2) is 4.39 Å². The highest BCUT2D eigenvalue weighted by molar-refractivity contribution is 6.14. The molecule has 0 amide bonds. The molecule has 4 heteroatoms. The van der Waals surface area contributed by atoms with Gasteiger partial charge in [-0.15, -0.1) is 0 Å². The topological polar surface area (TPSA) is 56.0 Å². The number of para-hydroxylation sites is 1. The molecule has 0 saturated carbocycles. The minimum atomic E-state index is -0.313. The maximum absolute atomic E-state index is 12.9. The van der Waals surface area contributed by atoms with Gasteiger partial charge in [0.25, 0.3) is 0 Å². The Morgan fingerprint density at radius 2 is 1.83 bits per heavy atom. The molecule has 0 fully saturated rings. The molecule has 3 rings (SSSR count). The maximum atomic E-state index is 12.9. The van der Waals surface area contributed by atoms with Crippen molar-refractivity contribution in [3.63, 3.8) is 0 Å². The van der Waals surface area contributed by atoms with E-state index >= 15 is 0 Å². The summed E-state index contributed by atoms with van der Waals surface area (Å²) in [6, 6.07) is 13.4. The predicted octanol–water partition coefficient (Wildman–Crippen LogP) is 4.16. The van der Waals surface area contributed by atoms with Crippen LogP contribution in [0.25, 0.3) is 17.0 Å². The Labute approximate surface area is 133 Å². The van der Waals surface area contributed by atoms with Crippen LogP contribution in [0.3, 0.4) is 0 Å². The Morgan fingerprint density at radius 1 is 1.13 bits per heavy atom. The number of nitrogens with zero attached hydrogens (tertiary/aromatic N) is 1. The first-order chi connectivity index (χ1) is 11.1. The smallest absolute Gasteiger partial charge is 0.189 e. The SMILES string of the molecule is Cc1nc2ccccc2c(N)c1C(=O)/C=C/c1ccc(F)cc1. The number of fused-ring (bicyclic) bond motifs is 1. The summed E-state index contributed by atoms with van der Waals surface area (Å²) in [5.41, 5.74) is 9.10. The van der Waals surface area contributed by atoms with Crippen LogP contribution < -0.4 is 5.73 Å². The number of halogens is 1. The third kappa shape index (κ3) is 2.97. The van der Waals surface area contributed by atoms with Gasteiger partial charge in [-0.2, -0.15) is 0 Å². The first-order valence-electron chi connectivity index (χ1n) is 7.19. The van der Waals surface area contributed by atoms with Crippen molar-refractivity contribution in [3.8, 4) is 0 Å². The van der Waals surface area contributed by atoms with Crippen LogP contribution in [-0.4, -0.2) is 10.8 Å². The lowest BCUT2D eigenvalue weighted by Crippen LogP contribution is -2.06. The summed E-state index contributed by atoms with van der Waals surface area (Å²) in [5, 5.41) is 0.761. The molecule has 2 aromatic carbocycles. The number of carbonyl (C=O) groups excluding carboxylic acids is 1. The number of hydrogen-bond donors (Lipinski definition) is 1. The van der Waals surface area contributed by atoms with E-state index in [-0.39, 0.29) is 11.6 Å². The van der Waals surface area contributed by atoms with E-state index < -0.39 is 0 Å². The molecule has 0 aliphatic rings. The van der Waals surface area contributed by atoms with E-state index in [2.05, 4.69) is 4.98 Å². The summed E-state index contributed by atoms with van der Waals surface area (Å²) in [5.74, 6) is -0.533. The number of carbonyl (C=O) groups is 1. The molecule has 23 heavy (non-hydrogen) atoms. The Balaban J connectivity index is 1.99. The third-order valence-electron chi connectivity index (χ3n) is 3.66. The summed E-state index contributed by atoms with van der Waals surface area (Å²) < 4.78 is 12.9. The lowest BCUT2D eigenvalue weighted by molar-refractivity contribution is 0.104. The normalized spacial score (nSPS) is 11.2. The summed E-state index contributed by atoms with van der Waals surface area (Å²) >= 11 is 0. The number of nitrogens with two attached hydrogens (primary N) is 1. The maximum Gasteiger partial charge on any atom is 0.189 e. The van der Waals surface area contributed by atoms with Crippen LogP contribution in [0.15, 0.2) is 54.6 Å². The lowest BCUT2D eigenvalue weighted by atomic mass is 10.0. The second-order valence-corrected chi connectivity index (χ2v) is 5.25. The number of benzene rings is 2. The summed E-state index contributed by atoms with van der Waals surface area (Å²) in [6.07, 6.45) is 3.07.